The molecule has 0 N–H and O–H groups in total. The number of hydrogen-bond donors (Lipinski definition) is 0. The molecular weight excluding hydrogens is 372 g/mol. The summed E-state index contributed by atoms with van der Waals surface area (Å²) in [6, 6.07) is 19.3. The van der Waals surface area contributed by atoms with Gasteiger partial charge in [-0.2, -0.15) is 0 Å². The second-order valence-electron chi connectivity index (χ2n) is 9.85. The molecule has 0 atom stereocenters. The fourth-order valence-electron chi connectivity index (χ4n) is 5.39. The van der Waals surface area contributed by atoms with Gasteiger partial charge in [-0.25, -0.2) is 0 Å². The van der Waals surface area contributed by atoms with Crippen LogP contribution in [0.3, 0.4) is 0 Å². The highest BCUT2D eigenvalue weighted by Crippen LogP contribution is 2.53. The maximum Gasteiger partial charge on any atom is 0.0435 e. The molecule has 0 saturated carbocycles. The third kappa shape index (κ3) is 3.75. The molecule has 0 saturated heterocycles. The van der Waals surface area contributed by atoms with E-state index in [1.807, 2.05) is 0 Å². The molecule has 162 valence electrons. The van der Waals surface area contributed by atoms with Crippen molar-refractivity contribution in [3.05, 3.63) is 93.0 Å². The van der Waals surface area contributed by atoms with Crippen molar-refractivity contribution < 1.29 is 0 Å². The molecule has 0 nitrogen and oxygen atoms in total. The molecule has 3 aromatic carbocycles. The summed E-state index contributed by atoms with van der Waals surface area (Å²) in [5.74, 6) is 0. The van der Waals surface area contributed by atoms with Crippen LogP contribution in [0.25, 0.3) is 11.1 Å². The quantitative estimate of drug-likeness (QED) is 0.365. The Bertz CT molecular complexity index is 1020. The molecule has 1 aliphatic carbocycles. The number of unbranched alkanes of at least 4 members (excludes halogenated alkanes) is 2. The lowest BCUT2D eigenvalue weighted by atomic mass is 9.73. The molecule has 4 rings (SSSR count). The van der Waals surface area contributed by atoms with Gasteiger partial charge in [0.25, 0.3) is 0 Å². The summed E-state index contributed by atoms with van der Waals surface area (Å²) in [5.41, 5.74) is 14.5. The third-order valence-electron chi connectivity index (χ3n) is 7.55. The van der Waals surface area contributed by atoms with Crippen LogP contribution in [0.4, 0.5) is 0 Å². The van der Waals surface area contributed by atoms with E-state index in [0.717, 1.165) is 0 Å². The van der Waals surface area contributed by atoms with E-state index in [2.05, 4.69) is 90.1 Å². The molecular formula is C31H38. The Kier molecular flexibility index (Phi) is 6.11. The average molecular weight is 411 g/mol. The lowest BCUT2D eigenvalue weighted by molar-refractivity contribution is 0.709. The van der Waals surface area contributed by atoms with Gasteiger partial charge < -0.3 is 0 Å². The van der Waals surface area contributed by atoms with Crippen molar-refractivity contribution in [2.75, 3.05) is 0 Å². The topological polar surface area (TPSA) is 0 Å². The van der Waals surface area contributed by atoms with E-state index in [0.29, 0.717) is 0 Å². The van der Waals surface area contributed by atoms with E-state index in [1.54, 1.807) is 0 Å². The van der Waals surface area contributed by atoms with E-state index >= 15 is 0 Å². The van der Waals surface area contributed by atoms with Gasteiger partial charge in [0.05, 0.1) is 0 Å². The molecule has 0 heterocycles. The Morgan fingerprint density at radius 3 is 1.52 bits per heavy atom. The van der Waals surface area contributed by atoms with Crippen molar-refractivity contribution in [2.45, 2.75) is 85.5 Å². The van der Waals surface area contributed by atoms with E-state index in [9.17, 15) is 0 Å². The molecule has 0 aromatic heterocycles. The van der Waals surface area contributed by atoms with E-state index in [1.165, 1.54) is 94.2 Å². The van der Waals surface area contributed by atoms with Crippen molar-refractivity contribution >= 4 is 0 Å². The van der Waals surface area contributed by atoms with Gasteiger partial charge in [0.2, 0.25) is 0 Å². The lowest BCUT2D eigenvalue weighted by Crippen LogP contribution is -2.23. The minimum Gasteiger partial charge on any atom is -0.0654 e. The van der Waals surface area contributed by atoms with Crippen molar-refractivity contribution in [1.29, 1.82) is 0 Å². The minimum atomic E-state index is -0.0968. The summed E-state index contributed by atoms with van der Waals surface area (Å²) in [6.07, 6.45) is 7.37. The predicted molar refractivity (Wildman–Crippen MR) is 135 cm³/mol. The Balaban J connectivity index is 1.96. The van der Waals surface area contributed by atoms with Crippen LogP contribution in [0.2, 0.25) is 0 Å². The largest absolute Gasteiger partial charge is 0.0654 e. The molecule has 1 aliphatic rings. The standard InChI is InChI=1S/C31H38/c1-7-9-11-24-19-27-28-20-25(12-10-8-2)23(5)18-30(28)31(6,29(27)17-22(24)4)26-15-13-21(3)14-16-26/h13-20H,7-12H2,1-6H3. The van der Waals surface area contributed by atoms with Crippen LogP contribution < -0.4 is 0 Å². The number of aryl methyl sites for hydroxylation is 5. The first-order valence-electron chi connectivity index (χ1n) is 12.3. The normalized spacial score (nSPS) is 13.9. The lowest BCUT2D eigenvalue weighted by Gasteiger charge is -2.29. The average Bonchev–Trinajstić information content (AvgIpc) is 2.99. The van der Waals surface area contributed by atoms with Crippen LogP contribution in [0.1, 0.15) is 91.0 Å². The highest BCUT2D eigenvalue weighted by atomic mass is 14.4. The first-order valence-corrected chi connectivity index (χ1v) is 12.3. The highest BCUT2D eigenvalue weighted by Gasteiger charge is 2.41. The molecule has 0 unspecified atom stereocenters. The Labute approximate surface area is 189 Å². The molecule has 0 fully saturated rings. The fourth-order valence-corrected chi connectivity index (χ4v) is 5.39. The molecule has 0 amide bonds. The van der Waals surface area contributed by atoms with Gasteiger partial charge in [-0.15, -0.1) is 0 Å². The summed E-state index contributed by atoms with van der Waals surface area (Å²) < 4.78 is 0. The van der Waals surface area contributed by atoms with Crippen LogP contribution in [0.15, 0.2) is 48.5 Å². The first-order chi connectivity index (χ1) is 14.9. The predicted octanol–water partition coefficient (Wildman–Crippen LogP) is 8.63. The van der Waals surface area contributed by atoms with Crippen molar-refractivity contribution in [3.63, 3.8) is 0 Å². The fraction of sp³-hybridized carbons (Fsp3) is 0.419. The van der Waals surface area contributed by atoms with E-state index < -0.39 is 0 Å². The Morgan fingerprint density at radius 1 is 0.645 bits per heavy atom. The monoisotopic (exact) mass is 410 g/mol. The van der Waals surface area contributed by atoms with Crippen LogP contribution in [0.5, 0.6) is 0 Å². The molecule has 0 radical (unpaired) electrons. The minimum absolute atomic E-state index is 0.0968. The maximum absolute atomic E-state index is 2.53. The van der Waals surface area contributed by atoms with Gasteiger partial charge in [-0.05, 0) is 103 Å². The van der Waals surface area contributed by atoms with Crippen LogP contribution in [-0.2, 0) is 18.3 Å². The van der Waals surface area contributed by atoms with E-state index in [4.69, 9.17) is 0 Å². The molecule has 0 spiro atoms. The number of rotatable bonds is 7. The molecule has 3 aromatic rings. The maximum atomic E-state index is 2.53. The second-order valence-corrected chi connectivity index (χ2v) is 9.85. The van der Waals surface area contributed by atoms with Gasteiger partial charge >= 0.3 is 0 Å². The zero-order valence-electron chi connectivity index (χ0n) is 20.4. The first kappa shape index (κ1) is 21.9. The van der Waals surface area contributed by atoms with Crippen LogP contribution in [-0.4, -0.2) is 0 Å². The second kappa shape index (κ2) is 8.65. The van der Waals surface area contributed by atoms with Crippen LogP contribution in [0, 0.1) is 20.8 Å². The summed E-state index contributed by atoms with van der Waals surface area (Å²) in [4.78, 5) is 0. The Hall–Kier alpha value is -2.34. The van der Waals surface area contributed by atoms with Crippen molar-refractivity contribution in [2.24, 2.45) is 0 Å². The molecule has 0 heteroatoms. The molecule has 0 aliphatic heterocycles. The smallest absolute Gasteiger partial charge is 0.0435 e. The zero-order chi connectivity index (χ0) is 22.2. The van der Waals surface area contributed by atoms with E-state index in [-0.39, 0.29) is 5.41 Å². The third-order valence-corrected chi connectivity index (χ3v) is 7.55. The van der Waals surface area contributed by atoms with Gasteiger partial charge in [0.15, 0.2) is 0 Å². The van der Waals surface area contributed by atoms with Crippen LogP contribution >= 0.6 is 0 Å². The van der Waals surface area contributed by atoms with Gasteiger partial charge in [0, 0.05) is 5.41 Å². The molecule has 0 bridgehead atoms. The number of benzene rings is 3. The van der Waals surface area contributed by atoms with Gasteiger partial charge in [-0.1, -0.05) is 80.8 Å². The summed E-state index contributed by atoms with van der Waals surface area (Å²) in [7, 11) is 0. The van der Waals surface area contributed by atoms with Gasteiger partial charge in [0.1, 0.15) is 0 Å². The summed E-state index contributed by atoms with van der Waals surface area (Å²) in [6.45, 7) is 13.8. The highest BCUT2D eigenvalue weighted by molar-refractivity contribution is 5.85. The Morgan fingerprint density at radius 2 is 1.10 bits per heavy atom. The van der Waals surface area contributed by atoms with Crippen molar-refractivity contribution in [3.8, 4) is 11.1 Å². The summed E-state index contributed by atoms with van der Waals surface area (Å²) >= 11 is 0. The van der Waals surface area contributed by atoms with Crippen molar-refractivity contribution in [1.82, 2.24) is 0 Å². The number of fused-ring (bicyclic) bond motifs is 3. The molecule has 31 heavy (non-hydrogen) atoms. The SMILES string of the molecule is CCCCc1cc2c(cc1C)C(C)(c1ccc(C)cc1)c1cc(C)c(CCCC)cc1-2. The summed E-state index contributed by atoms with van der Waals surface area (Å²) in [5, 5.41) is 0. The van der Waals surface area contributed by atoms with Gasteiger partial charge in [-0.3, -0.25) is 0 Å². The zero-order valence-corrected chi connectivity index (χ0v) is 20.4. The number of hydrogen-bond acceptors (Lipinski definition) is 0.